The predicted molar refractivity (Wildman–Crippen MR) is 104 cm³/mol. The van der Waals surface area contributed by atoms with Crippen LogP contribution < -0.4 is 10.2 Å². The highest BCUT2D eigenvalue weighted by molar-refractivity contribution is 5.86. The molecule has 3 aromatic rings. The van der Waals surface area contributed by atoms with Crippen molar-refractivity contribution in [3.63, 3.8) is 0 Å². The number of aromatic nitrogens is 4. The SMILES string of the molecule is Cc1cccc(Nc2nc(N3CCN(C)CC3)nc3nccnc23)c1C. The lowest BCUT2D eigenvalue weighted by molar-refractivity contribution is 0.311. The van der Waals surface area contributed by atoms with Gasteiger partial charge in [0.2, 0.25) is 5.95 Å². The molecule has 0 spiro atoms. The largest absolute Gasteiger partial charge is 0.338 e. The van der Waals surface area contributed by atoms with E-state index >= 15 is 0 Å². The zero-order chi connectivity index (χ0) is 18.1. The summed E-state index contributed by atoms with van der Waals surface area (Å²) >= 11 is 0. The molecule has 0 unspecified atom stereocenters. The summed E-state index contributed by atoms with van der Waals surface area (Å²) in [6.45, 7) is 8.03. The van der Waals surface area contributed by atoms with E-state index in [4.69, 9.17) is 4.98 Å². The fourth-order valence-electron chi connectivity index (χ4n) is 3.10. The Hall–Kier alpha value is -2.80. The minimum atomic E-state index is 0.615. The number of fused-ring (bicyclic) bond motifs is 1. The minimum absolute atomic E-state index is 0.615. The maximum Gasteiger partial charge on any atom is 0.229 e. The van der Waals surface area contributed by atoms with E-state index in [0.29, 0.717) is 22.9 Å². The summed E-state index contributed by atoms with van der Waals surface area (Å²) in [4.78, 5) is 22.8. The number of anilines is 3. The first-order valence-electron chi connectivity index (χ1n) is 8.87. The van der Waals surface area contributed by atoms with Crippen LogP contribution in [0.3, 0.4) is 0 Å². The van der Waals surface area contributed by atoms with Gasteiger partial charge >= 0.3 is 0 Å². The summed E-state index contributed by atoms with van der Waals surface area (Å²) in [5, 5.41) is 3.45. The van der Waals surface area contributed by atoms with Gasteiger partial charge in [-0.1, -0.05) is 12.1 Å². The molecular formula is C19H23N7. The van der Waals surface area contributed by atoms with Crippen LogP contribution in [0.1, 0.15) is 11.1 Å². The fraction of sp³-hybridized carbons (Fsp3) is 0.368. The Balaban J connectivity index is 1.76. The van der Waals surface area contributed by atoms with Crippen molar-refractivity contribution >= 4 is 28.6 Å². The van der Waals surface area contributed by atoms with Gasteiger partial charge in [0.15, 0.2) is 17.0 Å². The quantitative estimate of drug-likeness (QED) is 0.779. The molecule has 1 fully saturated rings. The molecule has 0 bridgehead atoms. The Morgan fingerprint density at radius 3 is 2.54 bits per heavy atom. The summed E-state index contributed by atoms with van der Waals surface area (Å²) in [6.07, 6.45) is 3.35. The van der Waals surface area contributed by atoms with Crippen LogP contribution >= 0.6 is 0 Å². The topological polar surface area (TPSA) is 70.1 Å². The average molecular weight is 349 g/mol. The Labute approximate surface area is 153 Å². The van der Waals surface area contributed by atoms with E-state index in [1.165, 1.54) is 11.1 Å². The molecule has 0 aliphatic carbocycles. The maximum absolute atomic E-state index is 4.80. The van der Waals surface area contributed by atoms with E-state index in [1.807, 2.05) is 6.07 Å². The van der Waals surface area contributed by atoms with E-state index in [9.17, 15) is 0 Å². The van der Waals surface area contributed by atoms with Crippen molar-refractivity contribution in [2.45, 2.75) is 13.8 Å². The summed E-state index contributed by atoms with van der Waals surface area (Å²) in [5.74, 6) is 1.41. The van der Waals surface area contributed by atoms with Crippen LogP contribution in [0, 0.1) is 13.8 Å². The number of hydrogen-bond acceptors (Lipinski definition) is 7. The summed E-state index contributed by atoms with van der Waals surface area (Å²) in [7, 11) is 2.14. The number of benzene rings is 1. The van der Waals surface area contributed by atoms with Gasteiger partial charge in [0, 0.05) is 44.3 Å². The zero-order valence-electron chi connectivity index (χ0n) is 15.4. The summed E-state index contributed by atoms with van der Waals surface area (Å²) in [6, 6.07) is 6.21. The first-order chi connectivity index (χ1) is 12.6. The smallest absolute Gasteiger partial charge is 0.229 e. The highest BCUT2D eigenvalue weighted by atomic mass is 15.3. The number of nitrogens with one attached hydrogen (secondary N) is 1. The highest BCUT2D eigenvalue weighted by Crippen LogP contribution is 2.27. The second-order valence-electron chi connectivity index (χ2n) is 6.76. The van der Waals surface area contributed by atoms with Gasteiger partial charge in [-0.15, -0.1) is 0 Å². The Morgan fingerprint density at radius 2 is 1.73 bits per heavy atom. The van der Waals surface area contributed by atoms with Gasteiger partial charge in [-0.3, -0.25) is 0 Å². The van der Waals surface area contributed by atoms with Gasteiger partial charge in [0.1, 0.15) is 0 Å². The molecule has 4 rings (SSSR count). The van der Waals surface area contributed by atoms with Crippen molar-refractivity contribution in [2.75, 3.05) is 43.4 Å². The molecule has 1 N–H and O–H groups in total. The first kappa shape index (κ1) is 16.7. The Bertz CT molecular complexity index is 932. The lowest BCUT2D eigenvalue weighted by atomic mass is 10.1. The molecule has 7 nitrogen and oxygen atoms in total. The van der Waals surface area contributed by atoms with E-state index < -0.39 is 0 Å². The van der Waals surface area contributed by atoms with Crippen LogP contribution in [-0.2, 0) is 0 Å². The lowest BCUT2D eigenvalue weighted by Crippen LogP contribution is -2.45. The molecule has 0 amide bonds. The van der Waals surface area contributed by atoms with Crippen molar-refractivity contribution in [2.24, 2.45) is 0 Å². The van der Waals surface area contributed by atoms with Crippen LogP contribution in [0.5, 0.6) is 0 Å². The number of likely N-dealkylation sites (N-methyl/N-ethyl adjacent to an activating group) is 1. The predicted octanol–water partition coefficient (Wildman–Crippen LogP) is 2.53. The van der Waals surface area contributed by atoms with Crippen molar-refractivity contribution in [1.29, 1.82) is 0 Å². The van der Waals surface area contributed by atoms with Gasteiger partial charge in [-0.05, 0) is 38.1 Å². The van der Waals surface area contributed by atoms with E-state index in [1.54, 1.807) is 12.4 Å². The average Bonchev–Trinajstić information content (AvgIpc) is 2.66. The van der Waals surface area contributed by atoms with Crippen LogP contribution in [0.2, 0.25) is 0 Å². The number of nitrogens with zero attached hydrogens (tertiary/aromatic N) is 6. The third-order valence-electron chi connectivity index (χ3n) is 4.96. The van der Waals surface area contributed by atoms with E-state index in [0.717, 1.165) is 31.9 Å². The molecule has 3 heterocycles. The van der Waals surface area contributed by atoms with Crippen molar-refractivity contribution in [3.8, 4) is 0 Å². The molecule has 7 heteroatoms. The molecule has 2 aromatic heterocycles. The van der Waals surface area contributed by atoms with E-state index in [2.05, 4.69) is 63.1 Å². The zero-order valence-corrected chi connectivity index (χ0v) is 15.4. The normalized spacial score (nSPS) is 15.4. The van der Waals surface area contributed by atoms with E-state index in [-0.39, 0.29) is 0 Å². The number of aryl methyl sites for hydroxylation is 1. The molecular weight excluding hydrogens is 326 g/mol. The molecule has 1 aromatic carbocycles. The van der Waals surface area contributed by atoms with Crippen LogP contribution in [0.15, 0.2) is 30.6 Å². The molecule has 0 atom stereocenters. The molecule has 26 heavy (non-hydrogen) atoms. The first-order valence-corrected chi connectivity index (χ1v) is 8.87. The molecule has 1 aliphatic rings. The van der Waals surface area contributed by atoms with Gasteiger partial charge < -0.3 is 15.1 Å². The van der Waals surface area contributed by atoms with Gasteiger partial charge in [0.05, 0.1) is 0 Å². The minimum Gasteiger partial charge on any atom is -0.338 e. The summed E-state index contributed by atoms with van der Waals surface area (Å²) in [5.41, 5.74) is 4.76. The van der Waals surface area contributed by atoms with Crippen molar-refractivity contribution in [3.05, 3.63) is 41.7 Å². The monoisotopic (exact) mass is 349 g/mol. The van der Waals surface area contributed by atoms with Gasteiger partial charge in [-0.25, -0.2) is 9.97 Å². The number of piperazine rings is 1. The lowest BCUT2D eigenvalue weighted by Gasteiger charge is -2.32. The molecule has 0 saturated carbocycles. The van der Waals surface area contributed by atoms with Crippen molar-refractivity contribution in [1.82, 2.24) is 24.8 Å². The van der Waals surface area contributed by atoms with Crippen LogP contribution in [0.25, 0.3) is 11.2 Å². The fourth-order valence-corrected chi connectivity index (χ4v) is 3.10. The van der Waals surface area contributed by atoms with Crippen LogP contribution in [-0.4, -0.2) is 58.1 Å². The Morgan fingerprint density at radius 1 is 0.962 bits per heavy atom. The number of hydrogen-bond donors (Lipinski definition) is 1. The second kappa shape index (κ2) is 6.84. The second-order valence-corrected chi connectivity index (χ2v) is 6.76. The van der Waals surface area contributed by atoms with Crippen LogP contribution in [0.4, 0.5) is 17.5 Å². The molecule has 1 saturated heterocycles. The molecule has 134 valence electrons. The third-order valence-corrected chi connectivity index (χ3v) is 4.96. The molecule has 0 radical (unpaired) electrons. The Kier molecular flexibility index (Phi) is 4.38. The summed E-state index contributed by atoms with van der Waals surface area (Å²) < 4.78 is 0. The number of rotatable bonds is 3. The molecule has 1 aliphatic heterocycles. The third kappa shape index (κ3) is 3.17. The van der Waals surface area contributed by atoms with Gasteiger partial charge in [-0.2, -0.15) is 9.97 Å². The highest BCUT2D eigenvalue weighted by Gasteiger charge is 2.19. The van der Waals surface area contributed by atoms with Crippen molar-refractivity contribution < 1.29 is 0 Å². The maximum atomic E-state index is 4.80. The van der Waals surface area contributed by atoms with Gasteiger partial charge in [0.25, 0.3) is 0 Å². The standard InChI is InChI=1S/C19H23N7/c1-13-5-4-6-15(14(13)2)22-18-16-17(21-8-7-20-16)23-19(24-18)26-11-9-25(3)10-12-26/h4-8H,9-12H2,1-3H3,(H,21,22,23,24).